The van der Waals surface area contributed by atoms with E-state index in [1.807, 2.05) is 49.6 Å². The predicted molar refractivity (Wildman–Crippen MR) is 164 cm³/mol. The minimum atomic E-state index is -0.732. The average Bonchev–Trinajstić information content (AvgIpc) is 3.48. The minimum absolute atomic E-state index is 0.153. The Kier molecular flexibility index (Phi) is 9.50. The third-order valence-corrected chi connectivity index (χ3v) is 8.43. The maximum absolute atomic E-state index is 12.8. The predicted octanol–water partition coefficient (Wildman–Crippen LogP) is 3.81. The molecule has 4 heterocycles. The fourth-order valence-corrected chi connectivity index (χ4v) is 5.74. The first-order valence-electron chi connectivity index (χ1n) is 15.2. The first-order chi connectivity index (χ1) is 21.5. The third-order valence-electron chi connectivity index (χ3n) is 8.43. The smallest absolute Gasteiger partial charge is 0.251 e. The Morgan fingerprint density at radius 1 is 1.09 bits per heavy atom. The van der Waals surface area contributed by atoms with Crippen LogP contribution >= 0.6 is 0 Å². The van der Waals surface area contributed by atoms with Crippen molar-refractivity contribution in [2.24, 2.45) is 0 Å². The molecule has 10 nitrogen and oxygen atoms in total. The maximum atomic E-state index is 12.8. The van der Waals surface area contributed by atoms with E-state index in [-0.39, 0.29) is 24.6 Å². The van der Waals surface area contributed by atoms with Crippen molar-refractivity contribution in [1.82, 2.24) is 25.5 Å². The average molecular weight is 598 g/mol. The zero-order chi connectivity index (χ0) is 30.3. The van der Waals surface area contributed by atoms with Crippen LogP contribution in [0.5, 0.6) is 11.5 Å². The van der Waals surface area contributed by atoms with Crippen LogP contribution in [0.4, 0.5) is 0 Å². The van der Waals surface area contributed by atoms with E-state index in [2.05, 4.69) is 37.6 Å². The van der Waals surface area contributed by atoms with E-state index in [1.165, 1.54) is 12.0 Å². The summed E-state index contributed by atoms with van der Waals surface area (Å²) in [6.45, 7) is 5.86. The highest BCUT2D eigenvalue weighted by Crippen LogP contribution is 2.25. The zero-order valence-corrected chi connectivity index (χ0v) is 24.9. The lowest BCUT2D eigenvalue weighted by Gasteiger charge is -2.32. The van der Waals surface area contributed by atoms with E-state index in [4.69, 9.17) is 13.9 Å². The number of carbonyl (C=O) groups excluding carboxylic acids is 1. The molecule has 1 saturated heterocycles. The number of nitrogens with zero attached hydrogens (tertiary/aromatic N) is 3. The van der Waals surface area contributed by atoms with Crippen LogP contribution in [0.2, 0.25) is 0 Å². The van der Waals surface area contributed by atoms with Gasteiger partial charge >= 0.3 is 0 Å². The van der Waals surface area contributed by atoms with Crippen LogP contribution in [0.3, 0.4) is 0 Å². The SMILES string of the molecule is Cc1ncoc1COc1ccc2c(c1)CN[C@H](C(O)CNC(=O)c1ccc(OC3CCN(Cc4ccncc4)CC3)cc1)C2. The van der Waals surface area contributed by atoms with Gasteiger partial charge in [0.1, 0.15) is 24.2 Å². The van der Waals surface area contributed by atoms with Gasteiger partial charge < -0.3 is 29.6 Å². The number of benzene rings is 2. The van der Waals surface area contributed by atoms with Crippen LogP contribution < -0.4 is 20.1 Å². The van der Waals surface area contributed by atoms with E-state index in [0.717, 1.165) is 60.8 Å². The first kappa shape index (κ1) is 29.8. The Balaban J connectivity index is 0.922. The molecule has 0 spiro atoms. The van der Waals surface area contributed by atoms with Crippen LogP contribution in [0.25, 0.3) is 0 Å². The molecule has 44 heavy (non-hydrogen) atoms. The van der Waals surface area contributed by atoms with Gasteiger partial charge in [-0.05, 0) is 91.4 Å². The zero-order valence-electron chi connectivity index (χ0n) is 24.9. The lowest BCUT2D eigenvalue weighted by molar-refractivity contribution is 0.0869. The number of pyridine rings is 1. The summed E-state index contributed by atoms with van der Waals surface area (Å²) in [5.74, 6) is 2.01. The molecule has 0 aliphatic carbocycles. The molecule has 10 heteroatoms. The number of hydrogen-bond donors (Lipinski definition) is 3. The van der Waals surface area contributed by atoms with Gasteiger partial charge in [0.05, 0.1) is 11.8 Å². The molecule has 6 rings (SSSR count). The fraction of sp³-hybridized carbons (Fsp3) is 0.382. The van der Waals surface area contributed by atoms with Crippen LogP contribution in [0, 0.1) is 6.92 Å². The highest BCUT2D eigenvalue weighted by Gasteiger charge is 2.26. The number of carbonyl (C=O) groups is 1. The molecule has 2 aromatic heterocycles. The number of fused-ring (bicyclic) bond motifs is 1. The van der Waals surface area contributed by atoms with Gasteiger partial charge in [0.15, 0.2) is 12.2 Å². The molecular formula is C34H39N5O5. The Morgan fingerprint density at radius 3 is 2.61 bits per heavy atom. The van der Waals surface area contributed by atoms with E-state index < -0.39 is 6.10 Å². The second kappa shape index (κ2) is 14.0. The number of rotatable bonds is 11. The van der Waals surface area contributed by atoms with Crippen molar-refractivity contribution in [3.8, 4) is 11.5 Å². The molecule has 1 unspecified atom stereocenters. The number of ether oxygens (including phenoxy) is 2. The summed E-state index contributed by atoms with van der Waals surface area (Å²) in [5.41, 5.74) is 4.91. The summed E-state index contributed by atoms with van der Waals surface area (Å²) >= 11 is 0. The van der Waals surface area contributed by atoms with Crippen LogP contribution in [0.1, 0.15) is 51.3 Å². The van der Waals surface area contributed by atoms with Crippen LogP contribution in [0.15, 0.2) is 77.8 Å². The number of aromatic nitrogens is 2. The maximum Gasteiger partial charge on any atom is 0.251 e. The Hall–Kier alpha value is -4.25. The summed E-state index contributed by atoms with van der Waals surface area (Å²) in [7, 11) is 0. The van der Waals surface area contributed by atoms with E-state index in [1.54, 1.807) is 12.1 Å². The number of aryl methyl sites for hydroxylation is 1. The number of hydrogen-bond acceptors (Lipinski definition) is 9. The highest BCUT2D eigenvalue weighted by molar-refractivity contribution is 5.94. The Labute approximate surface area is 257 Å². The van der Waals surface area contributed by atoms with Gasteiger partial charge in [-0.15, -0.1) is 0 Å². The number of aliphatic hydroxyl groups excluding tert-OH is 1. The number of aliphatic hydroxyl groups is 1. The van der Waals surface area contributed by atoms with Gasteiger partial charge in [-0.3, -0.25) is 14.7 Å². The third kappa shape index (κ3) is 7.63. The largest absolute Gasteiger partial charge is 0.490 e. The molecule has 2 atom stereocenters. The van der Waals surface area contributed by atoms with Crippen molar-refractivity contribution < 1.29 is 23.8 Å². The summed E-state index contributed by atoms with van der Waals surface area (Å²) in [5, 5.41) is 17.1. The van der Waals surface area contributed by atoms with Crippen molar-refractivity contribution in [2.75, 3.05) is 19.6 Å². The van der Waals surface area contributed by atoms with Crippen molar-refractivity contribution in [3.05, 3.63) is 107 Å². The van der Waals surface area contributed by atoms with Crippen molar-refractivity contribution in [3.63, 3.8) is 0 Å². The standard InChI is InChI=1S/C34H39N5O5/c1-23-33(43-22-38-23)21-42-30-7-4-26-17-31(36-18-27(26)16-30)32(40)19-37-34(41)25-2-5-28(6-3-25)44-29-10-14-39(15-11-29)20-24-8-12-35-13-9-24/h2-9,12-13,16,22,29,31-32,36,40H,10-11,14-15,17-21H2,1H3,(H,37,41)/t31-,32?/m0/s1. The van der Waals surface area contributed by atoms with Crippen LogP contribution in [-0.2, 0) is 26.1 Å². The number of likely N-dealkylation sites (tertiary alicyclic amines) is 1. The Morgan fingerprint density at radius 2 is 1.86 bits per heavy atom. The molecule has 0 radical (unpaired) electrons. The molecule has 2 aliphatic rings. The van der Waals surface area contributed by atoms with Crippen molar-refractivity contribution >= 4 is 5.91 Å². The normalized spacial score (nSPS) is 17.9. The van der Waals surface area contributed by atoms with Crippen molar-refractivity contribution in [1.29, 1.82) is 0 Å². The lowest BCUT2D eigenvalue weighted by atomic mass is 9.92. The number of piperidine rings is 1. The summed E-state index contributed by atoms with van der Waals surface area (Å²) in [4.78, 5) is 23.4. The van der Waals surface area contributed by atoms with Gasteiger partial charge in [-0.2, -0.15) is 0 Å². The molecule has 230 valence electrons. The number of nitrogens with one attached hydrogen (secondary N) is 2. The molecule has 1 fully saturated rings. The monoisotopic (exact) mass is 597 g/mol. The molecule has 1 amide bonds. The molecule has 0 saturated carbocycles. The minimum Gasteiger partial charge on any atom is -0.490 e. The molecule has 4 aromatic rings. The van der Waals surface area contributed by atoms with E-state index in [9.17, 15) is 9.90 Å². The quantitative estimate of drug-likeness (QED) is 0.237. The highest BCUT2D eigenvalue weighted by atomic mass is 16.5. The molecule has 2 aromatic carbocycles. The van der Waals surface area contributed by atoms with Gasteiger partial charge in [-0.25, -0.2) is 4.98 Å². The Bertz CT molecular complexity index is 1520. The van der Waals surface area contributed by atoms with Crippen molar-refractivity contribution in [2.45, 2.75) is 64.1 Å². The van der Waals surface area contributed by atoms with Gasteiger partial charge in [0.25, 0.3) is 5.91 Å². The lowest BCUT2D eigenvalue weighted by Crippen LogP contribution is -2.49. The van der Waals surface area contributed by atoms with Gasteiger partial charge in [-0.1, -0.05) is 6.07 Å². The molecular weight excluding hydrogens is 558 g/mol. The topological polar surface area (TPSA) is 122 Å². The summed E-state index contributed by atoms with van der Waals surface area (Å²) in [6, 6.07) is 17.2. The second-order valence-corrected chi connectivity index (χ2v) is 11.5. The summed E-state index contributed by atoms with van der Waals surface area (Å²) < 4.78 is 17.4. The second-order valence-electron chi connectivity index (χ2n) is 11.5. The van der Waals surface area contributed by atoms with Crippen LogP contribution in [-0.4, -0.2) is 63.8 Å². The van der Waals surface area contributed by atoms with Gasteiger partial charge in [0, 0.05) is 56.7 Å². The number of amides is 1. The van der Waals surface area contributed by atoms with Gasteiger partial charge in [0.2, 0.25) is 0 Å². The molecule has 0 bridgehead atoms. The summed E-state index contributed by atoms with van der Waals surface area (Å²) in [6.07, 6.45) is 7.09. The fourth-order valence-electron chi connectivity index (χ4n) is 5.74. The molecule has 3 N–H and O–H groups in total. The number of oxazole rings is 1. The first-order valence-corrected chi connectivity index (χ1v) is 15.2. The van der Waals surface area contributed by atoms with E-state index in [0.29, 0.717) is 30.9 Å². The molecule has 2 aliphatic heterocycles. The van der Waals surface area contributed by atoms with E-state index >= 15 is 0 Å².